The third-order valence-corrected chi connectivity index (χ3v) is 1.76. The summed E-state index contributed by atoms with van der Waals surface area (Å²) in [5.41, 5.74) is 0.248. The van der Waals surface area contributed by atoms with E-state index in [0.29, 0.717) is 5.56 Å². The summed E-state index contributed by atoms with van der Waals surface area (Å²) in [6.07, 6.45) is 0. The third kappa shape index (κ3) is 1.48. The number of rotatable bonds is 1. The highest BCUT2D eigenvalue weighted by Gasteiger charge is 2.13. The molecular weight excluding hydrogens is 182 g/mol. The highest BCUT2D eigenvalue weighted by molar-refractivity contribution is 6.32. The summed E-state index contributed by atoms with van der Waals surface area (Å²) in [6, 6.07) is 2.40. The van der Waals surface area contributed by atoms with Crippen molar-refractivity contribution < 1.29 is 10.0 Å². The van der Waals surface area contributed by atoms with Crippen molar-refractivity contribution in [3.63, 3.8) is 0 Å². The minimum Gasteiger partial charge on any atom is -0.508 e. The molecular formula is C7H6ClNO3. The molecule has 0 aliphatic heterocycles. The Morgan fingerprint density at radius 2 is 2.17 bits per heavy atom. The zero-order valence-electron chi connectivity index (χ0n) is 6.24. The van der Waals surface area contributed by atoms with E-state index in [1.54, 1.807) is 6.92 Å². The number of phenolic OH excluding ortho intramolecular Hbond substituents is 1. The maximum Gasteiger partial charge on any atom is 0.288 e. The smallest absolute Gasteiger partial charge is 0.288 e. The van der Waals surface area contributed by atoms with Gasteiger partial charge in [-0.25, -0.2) is 0 Å². The van der Waals surface area contributed by atoms with Crippen LogP contribution in [0.25, 0.3) is 0 Å². The van der Waals surface area contributed by atoms with Gasteiger partial charge in [-0.2, -0.15) is 0 Å². The van der Waals surface area contributed by atoms with Gasteiger partial charge in [0.2, 0.25) is 0 Å². The van der Waals surface area contributed by atoms with E-state index in [4.69, 9.17) is 16.7 Å². The van der Waals surface area contributed by atoms with Crippen molar-refractivity contribution in [2.24, 2.45) is 0 Å². The molecule has 0 bridgehead atoms. The van der Waals surface area contributed by atoms with Crippen LogP contribution in [-0.4, -0.2) is 10.0 Å². The van der Waals surface area contributed by atoms with Gasteiger partial charge in [0.15, 0.2) is 0 Å². The van der Waals surface area contributed by atoms with Crippen molar-refractivity contribution in [2.75, 3.05) is 0 Å². The normalized spacial score (nSPS) is 9.83. The predicted octanol–water partition coefficient (Wildman–Crippen LogP) is 2.26. The van der Waals surface area contributed by atoms with Crippen molar-refractivity contribution >= 4 is 17.3 Å². The molecule has 0 unspecified atom stereocenters. The van der Waals surface area contributed by atoms with Crippen molar-refractivity contribution in [2.45, 2.75) is 6.92 Å². The maximum absolute atomic E-state index is 10.3. The number of aryl methyl sites for hydroxylation is 1. The van der Waals surface area contributed by atoms with Crippen LogP contribution in [0.1, 0.15) is 5.56 Å². The molecule has 4 nitrogen and oxygen atoms in total. The minimum atomic E-state index is -0.589. The highest BCUT2D eigenvalue weighted by Crippen LogP contribution is 2.30. The second-order valence-electron chi connectivity index (χ2n) is 2.35. The molecule has 0 amide bonds. The lowest BCUT2D eigenvalue weighted by atomic mass is 10.2. The van der Waals surface area contributed by atoms with Gasteiger partial charge in [0.25, 0.3) is 5.69 Å². The molecule has 12 heavy (non-hydrogen) atoms. The van der Waals surface area contributed by atoms with Crippen molar-refractivity contribution in [3.05, 3.63) is 32.8 Å². The quantitative estimate of drug-likeness (QED) is 0.542. The number of phenols is 1. The van der Waals surface area contributed by atoms with Gasteiger partial charge in [-0.05, 0) is 12.5 Å². The molecule has 0 radical (unpaired) electrons. The first-order valence-electron chi connectivity index (χ1n) is 3.16. The van der Waals surface area contributed by atoms with Gasteiger partial charge in [-0.3, -0.25) is 10.1 Å². The van der Waals surface area contributed by atoms with Crippen LogP contribution in [0.2, 0.25) is 5.02 Å². The van der Waals surface area contributed by atoms with E-state index in [-0.39, 0.29) is 16.5 Å². The van der Waals surface area contributed by atoms with Crippen LogP contribution < -0.4 is 0 Å². The Morgan fingerprint density at radius 3 is 2.67 bits per heavy atom. The summed E-state index contributed by atoms with van der Waals surface area (Å²) in [4.78, 5) is 9.74. The lowest BCUT2D eigenvalue weighted by molar-refractivity contribution is -0.384. The molecule has 0 heterocycles. The summed E-state index contributed by atoms with van der Waals surface area (Å²) in [7, 11) is 0. The van der Waals surface area contributed by atoms with Crippen LogP contribution >= 0.6 is 11.6 Å². The van der Waals surface area contributed by atoms with Gasteiger partial charge in [0.05, 0.1) is 4.92 Å². The fourth-order valence-electron chi connectivity index (χ4n) is 0.796. The average molecular weight is 188 g/mol. The molecule has 0 atom stereocenters. The van der Waals surface area contributed by atoms with E-state index in [1.165, 1.54) is 6.07 Å². The SMILES string of the molecule is Cc1cc([N+](=O)[O-])c(Cl)cc1O. The second kappa shape index (κ2) is 2.98. The average Bonchev–Trinajstić information content (AvgIpc) is 1.96. The number of benzene rings is 1. The van der Waals surface area contributed by atoms with E-state index in [9.17, 15) is 10.1 Å². The van der Waals surface area contributed by atoms with Crippen LogP contribution in [-0.2, 0) is 0 Å². The fourth-order valence-corrected chi connectivity index (χ4v) is 1.02. The first-order chi connectivity index (χ1) is 5.52. The van der Waals surface area contributed by atoms with Gasteiger partial charge in [0.1, 0.15) is 10.8 Å². The summed E-state index contributed by atoms with van der Waals surface area (Å²) in [5.74, 6) is -0.0365. The van der Waals surface area contributed by atoms with E-state index in [1.807, 2.05) is 0 Å². The summed E-state index contributed by atoms with van der Waals surface area (Å²) >= 11 is 5.49. The van der Waals surface area contributed by atoms with Gasteiger partial charge in [-0.1, -0.05) is 11.6 Å². The Labute approximate surface area is 73.5 Å². The number of hydrogen-bond acceptors (Lipinski definition) is 3. The first-order valence-corrected chi connectivity index (χ1v) is 3.53. The topological polar surface area (TPSA) is 63.4 Å². The van der Waals surface area contributed by atoms with Crippen LogP contribution in [0, 0.1) is 17.0 Å². The second-order valence-corrected chi connectivity index (χ2v) is 2.75. The predicted molar refractivity (Wildman–Crippen MR) is 44.5 cm³/mol. The van der Waals surface area contributed by atoms with Gasteiger partial charge < -0.3 is 5.11 Å². The summed E-state index contributed by atoms with van der Waals surface area (Å²) < 4.78 is 0. The summed E-state index contributed by atoms with van der Waals surface area (Å²) in [5, 5.41) is 19.4. The Balaban J connectivity index is 3.33. The number of nitrogens with zero attached hydrogens (tertiary/aromatic N) is 1. The van der Waals surface area contributed by atoms with Gasteiger partial charge in [-0.15, -0.1) is 0 Å². The standard InChI is InChI=1S/C7H6ClNO3/c1-4-2-6(9(11)12)5(8)3-7(4)10/h2-3,10H,1H3. The molecule has 0 spiro atoms. The Bertz CT molecular complexity index is 338. The molecule has 0 aliphatic rings. The highest BCUT2D eigenvalue weighted by atomic mass is 35.5. The molecule has 1 aromatic carbocycles. The zero-order chi connectivity index (χ0) is 9.30. The molecule has 5 heteroatoms. The summed E-state index contributed by atoms with van der Waals surface area (Å²) in [6.45, 7) is 1.57. The number of halogens is 1. The molecule has 0 saturated carbocycles. The van der Waals surface area contributed by atoms with Crippen LogP contribution in [0.5, 0.6) is 5.75 Å². The molecule has 1 rings (SSSR count). The Hall–Kier alpha value is -1.29. The Morgan fingerprint density at radius 1 is 1.58 bits per heavy atom. The largest absolute Gasteiger partial charge is 0.508 e. The lowest BCUT2D eigenvalue weighted by Gasteiger charge is -1.99. The molecule has 0 saturated heterocycles. The third-order valence-electron chi connectivity index (χ3n) is 1.46. The van der Waals surface area contributed by atoms with Crippen LogP contribution in [0.15, 0.2) is 12.1 Å². The molecule has 1 aromatic rings. The van der Waals surface area contributed by atoms with Gasteiger partial charge >= 0.3 is 0 Å². The minimum absolute atomic E-state index is 0.0365. The van der Waals surface area contributed by atoms with Gasteiger partial charge in [0, 0.05) is 12.1 Å². The Kier molecular flexibility index (Phi) is 2.19. The number of aromatic hydroxyl groups is 1. The van der Waals surface area contributed by atoms with E-state index >= 15 is 0 Å². The van der Waals surface area contributed by atoms with Crippen molar-refractivity contribution in [1.29, 1.82) is 0 Å². The monoisotopic (exact) mass is 187 g/mol. The zero-order valence-corrected chi connectivity index (χ0v) is 7.00. The number of hydrogen-bond donors (Lipinski definition) is 1. The van der Waals surface area contributed by atoms with Crippen molar-refractivity contribution in [3.8, 4) is 5.75 Å². The fraction of sp³-hybridized carbons (Fsp3) is 0.143. The van der Waals surface area contributed by atoms with E-state index in [2.05, 4.69) is 0 Å². The molecule has 0 aromatic heterocycles. The van der Waals surface area contributed by atoms with E-state index < -0.39 is 4.92 Å². The van der Waals surface area contributed by atoms with Crippen LogP contribution in [0.4, 0.5) is 5.69 Å². The van der Waals surface area contributed by atoms with Crippen molar-refractivity contribution in [1.82, 2.24) is 0 Å². The molecule has 0 aliphatic carbocycles. The number of nitro benzene ring substituents is 1. The maximum atomic E-state index is 10.3. The molecule has 64 valence electrons. The molecule has 0 fully saturated rings. The number of nitro groups is 1. The van der Waals surface area contributed by atoms with Crippen LogP contribution in [0.3, 0.4) is 0 Å². The lowest BCUT2D eigenvalue weighted by Crippen LogP contribution is -1.89. The van der Waals surface area contributed by atoms with E-state index in [0.717, 1.165) is 6.07 Å². The molecule has 1 N–H and O–H groups in total. The first kappa shape index (κ1) is 8.80.